The third-order valence-electron chi connectivity index (χ3n) is 20.0. The Morgan fingerprint density at radius 1 is 0.308 bits per heavy atom. The Balaban J connectivity index is 3.36. The number of rotatable bonds is 80. The summed E-state index contributed by atoms with van der Waals surface area (Å²) in [6.07, 6.45) is 104. The second-order valence-corrected chi connectivity index (χ2v) is 29.2. The van der Waals surface area contributed by atoms with Crippen LogP contribution in [0.5, 0.6) is 0 Å². The summed E-state index contributed by atoms with van der Waals surface area (Å²) in [5.41, 5.74) is 0. The first-order valence-corrected chi connectivity index (χ1v) is 42.1. The van der Waals surface area contributed by atoms with Gasteiger partial charge in [0.15, 0.2) is 0 Å². The summed E-state index contributed by atoms with van der Waals surface area (Å²) in [7, 11) is 0. The van der Waals surface area contributed by atoms with Crippen molar-refractivity contribution in [1.29, 1.82) is 0 Å². The Labute approximate surface area is 571 Å². The van der Waals surface area contributed by atoms with E-state index in [4.69, 9.17) is 4.74 Å². The number of hydrogen-bond donors (Lipinski definition) is 3. The van der Waals surface area contributed by atoms with Gasteiger partial charge in [-0.15, -0.1) is 0 Å². The molecule has 0 spiro atoms. The van der Waals surface area contributed by atoms with Crippen LogP contribution >= 0.6 is 0 Å². The molecule has 0 heterocycles. The fourth-order valence-corrected chi connectivity index (χ4v) is 13.6. The number of allylic oxidation sites excluding steroid dienone is 4. The minimum Gasteiger partial charge on any atom is -0.466 e. The van der Waals surface area contributed by atoms with Crippen molar-refractivity contribution >= 4 is 11.9 Å². The summed E-state index contributed by atoms with van der Waals surface area (Å²) in [5, 5.41) is 23.5. The van der Waals surface area contributed by atoms with E-state index in [1.54, 1.807) is 0 Å². The number of aliphatic hydroxyl groups excluding tert-OH is 2. The van der Waals surface area contributed by atoms with Crippen LogP contribution in [0.25, 0.3) is 0 Å². The number of hydrogen-bond acceptors (Lipinski definition) is 5. The number of carbonyl (C=O) groups is 2. The third-order valence-corrected chi connectivity index (χ3v) is 20.0. The molecule has 6 heteroatoms. The first-order valence-electron chi connectivity index (χ1n) is 42.1. The number of aliphatic hydroxyl groups is 2. The standard InChI is InChI=1S/C85H165NO5/c1-3-5-7-9-11-13-15-17-19-20-21-22-38-41-44-47-50-53-57-61-65-69-73-77-83(88)82(81-87)86-84(89)78-74-70-66-62-58-54-51-48-45-42-39-36-34-32-30-28-26-24-23-25-27-29-31-33-35-37-40-43-46-49-52-56-60-64-68-72-76-80-91-85(90)79-75-71-67-63-59-55-18-16-14-12-10-8-6-4-2/h23,25,29,31,82-83,87-88H,3-22,24,26-28,30,32-81H2,1-2H3,(H,86,89)/b25-23-,31-29-. The van der Waals surface area contributed by atoms with Crippen LogP contribution < -0.4 is 5.32 Å². The van der Waals surface area contributed by atoms with Crippen LogP contribution in [0.4, 0.5) is 0 Å². The molecule has 0 aromatic rings. The number of unbranched alkanes of at least 4 members (excludes halogenated alkanes) is 65. The Hall–Kier alpha value is -1.66. The molecule has 0 radical (unpaired) electrons. The van der Waals surface area contributed by atoms with Gasteiger partial charge < -0.3 is 20.3 Å². The second-order valence-electron chi connectivity index (χ2n) is 29.2. The zero-order valence-electron chi connectivity index (χ0n) is 62.1. The van der Waals surface area contributed by atoms with Crippen LogP contribution in [-0.2, 0) is 14.3 Å². The van der Waals surface area contributed by atoms with E-state index in [0.717, 1.165) is 44.9 Å². The molecule has 0 saturated carbocycles. The fraction of sp³-hybridized carbons (Fsp3) is 0.929. The van der Waals surface area contributed by atoms with Gasteiger partial charge in [-0.1, -0.05) is 436 Å². The average Bonchev–Trinajstić information content (AvgIpc) is 3.62. The van der Waals surface area contributed by atoms with E-state index in [1.165, 1.54) is 405 Å². The lowest BCUT2D eigenvalue weighted by Crippen LogP contribution is -2.45. The molecule has 1 amide bonds. The molecule has 91 heavy (non-hydrogen) atoms. The van der Waals surface area contributed by atoms with Crippen molar-refractivity contribution in [2.75, 3.05) is 13.2 Å². The smallest absolute Gasteiger partial charge is 0.305 e. The van der Waals surface area contributed by atoms with Crippen molar-refractivity contribution < 1.29 is 24.5 Å². The highest BCUT2D eigenvalue weighted by molar-refractivity contribution is 5.76. The summed E-state index contributed by atoms with van der Waals surface area (Å²) in [4.78, 5) is 24.7. The minimum atomic E-state index is -0.664. The van der Waals surface area contributed by atoms with E-state index < -0.39 is 12.1 Å². The van der Waals surface area contributed by atoms with Crippen molar-refractivity contribution in [2.24, 2.45) is 0 Å². The molecular weight excluding hydrogens is 1110 g/mol. The molecule has 0 aliphatic rings. The summed E-state index contributed by atoms with van der Waals surface area (Å²) in [5.74, 6) is -0.00411. The molecule has 2 atom stereocenters. The average molecular weight is 1280 g/mol. The van der Waals surface area contributed by atoms with Crippen molar-refractivity contribution in [3.63, 3.8) is 0 Å². The molecule has 0 rings (SSSR count). The van der Waals surface area contributed by atoms with Gasteiger partial charge >= 0.3 is 5.97 Å². The highest BCUT2D eigenvalue weighted by Gasteiger charge is 2.20. The molecule has 540 valence electrons. The Morgan fingerprint density at radius 3 is 0.835 bits per heavy atom. The maximum Gasteiger partial charge on any atom is 0.305 e. The van der Waals surface area contributed by atoms with Gasteiger partial charge in [-0.25, -0.2) is 0 Å². The van der Waals surface area contributed by atoms with Crippen molar-refractivity contribution in [3.8, 4) is 0 Å². The first-order chi connectivity index (χ1) is 45.0. The fourth-order valence-electron chi connectivity index (χ4n) is 13.6. The molecule has 6 nitrogen and oxygen atoms in total. The van der Waals surface area contributed by atoms with Crippen LogP contribution in [0.3, 0.4) is 0 Å². The Bertz CT molecular complexity index is 1430. The van der Waals surface area contributed by atoms with Gasteiger partial charge in [0, 0.05) is 12.8 Å². The van der Waals surface area contributed by atoms with Gasteiger partial charge in [-0.2, -0.15) is 0 Å². The predicted molar refractivity (Wildman–Crippen MR) is 403 cm³/mol. The molecule has 0 aromatic carbocycles. The summed E-state index contributed by atoms with van der Waals surface area (Å²) in [6.45, 7) is 5.01. The zero-order chi connectivity index (χ0) is 65.6. The van der Waals surface area contributed by atoms with Crippen LogP contribution in [0.15, 0.2) is 24.3 Å². The van der Waals surface area contributed by atoms with Crippen molar-refractivity contribution in [1.82, 2.24) is 5.32 Å². The van der Waals surface area contributed by atoms with Crippen molar-refractivity contribution in [2.45, 2.75) is 495 Å². The number of nitrogens with one attached hydrogen (secondary N) is 1. The largest absolute Gasteiger partial charge is 0.466 e. The van der Waals surface area contributed by atoms with Gasteiger partial charge in [0.25, 0.3) is 0 Å². The monoisotopic (exact) mass is 1280 g/mol. The zero-order valence-corrected chi connectivity index (χ0v) is 62.1. The van der Waals surface area contributed by atoms with E-state index in [2.05, 4.69) is 43.5 Å². The van der Waals surface area contributed by atoms with Gasteiger partial charge in [0.05, 0.1) is 25.4 Å². The highest BCUT2D eigenvalue weighted by Crippen LogP contribution is 2.21. The van der Waals surface area contributed by atoms with Crippen LogP contribution in [0.1, 0.15) is 483 Å². The van der Waals surface area contributed by atoms with Gasteiger partial charge in [-0.05, 0) is 57.8 Å². The molecule has 0 aliphatic carbocycles. The van der Waals surface area contributed by atoms with Gasteiger partial charge in [0.2, 0.25) is 5.91 Å². The number of amides is 1. The maximum absolute atomic E-state index is 12.6. The number of esters is 1. The molecule has 3 N–H and O–H groups in total. The summed E-state index contributed by atoms with van der Waals surface area (Å²) < 4.78 is 5.50. The number of ether oxygens (including phenoxy) is 1. The molecule has 2 unspecified atom stereocenters. The quantitative estimate of drug-likeness (QED) is 0.0320. The summed E-state index contributed by atoms with van der Waals surface area (Å²) in [6, 6.07) is -0.541. The summed E-state index contributed by atoms with van der Waals surface area (Å²) >= 11 is 0. The van der Waals surface area contributed by atoms with E-state index >= 15 is 0 Å². The lowest BCUT2D eigenvalue weighted by molar-refractivity contribution is -0.143. The normalized spacial score (nSPS) is 12.5. The van der Waals surface area contributed by atoms with Crippen LogP contribution in [0, 0.1) is 0 Å². The lowest BCUT2D eigenvalue weighted by Gasteiger charge is -2.22. The first kappa shape index (κ1) is 89.3. The van der Waals surface area contributed by atoms with E-state index in [1.807, 2.05) is 0 Å². The number of carbonyl (C=O) groups excluding carboxylic acids is 2. The Morgan fingerprint density at radius 2 is 0.549 bits per heavy atom. The molecule has 0 aromatic heterocycles. The molecule has 0 fully saturated rings. The molecule has 0 bridgehead atoms. The van der Waals surface area contributed by atoms with Crippen molar-refractivity contribution in [3.05, 3.63) is 24.3 Å². The maximum atomic E-state index is 12.6. The van der Waals surface area contributed by atoms with E-state index in [-0.39, 0.29) is 18.5 Å². The van der Waals surface area contributed by atoms with E-state index in [0.29, 0.717) is 25.9 Å². The SMILES string of the molecule is CCCCCCCCCCCCCCCCCCCCCCCCCC(O)C(CO)NC(=O)CCCCCCCCCCCCCCCCCCC/C=C\C/C=C\CCCCCCCCCCCCCCCOC(=O)CCCCCCCCCCCCCCCC. The Kier molecular flexibility index (Phi) is 79.3. The molecule has 0 aliphatic heterocycles. The molecule has 0 saturated heterocycles. The van der Waals surface area contributed by atoms with E-state index in [9.17, 15) is 19.8 Å². The molecular formula is C85H165NO5. The third kappa shape index (κ3) is 77.2. The van der Waals surface area contributed by atoms with Gasteiger partial charge in [-0.3, -0.25) is 9.59 Å². The lowest BCUT2D eigenvalue weighted by atomic mass is 10.0. The van der Waals surface area contributed by atoms with Crippen LogP contribution in [-0.4, -0.2) is 47.4 Å². The minimum absolute atomic E-state index is 0.0221. The van der Waals surface area contributed by atoms with Gasteiger partial charge in [0.1, 0.15) is 0 Å². The predicted octanol–water partition coefficient (Wildman–Crippen LogP) is 28.0. The van der Waals surface area contributed by atoms with Crippen LogP contribution in [0.2, 0.25) is 0 Å². The second kappa shape index (κ2) is 80.8. The highest BCUT2D eigenvalue weighted by atomic mass is 16.5. The topological polar surface area (TPSA) is 95.9 Å².